The van der Waals surface area contributed by atoms with Crippen LogP contribution in [0, 0.1) is 0 Å². The van der Waals surface area contributed by atoms with Crippen LogP contribution < -0.4 is 0 Å². The van der Waals surface area contributed by atoms with Crippen molar-refractivity contribution in [3.05, 3.63) is 82.9 Å². The Labute approximate surface area is 478 Å². The van der Waals surface area contributed by atoms with E-state index in [0.29, 0.717) is 24.0 Å². The van der Waals surface area contributed by atoms with Crippen LogP contribution in [0.15, 0.2) is 70.5 Å². The van der Waals surface area contributed by atoms with E-state index < -0.39 is 20.2 Å². The number of benzene rings is 4. The van der Waals surface area contributed by atoms with Crippen LogP contribution in [0.25, 0.3) is 21.5 Å². The molecule has 4 rings (SSSR count). The summed E-state index contributed by atoms with van der Waals surface area (Å²) in [5.74, 6) is 0. The van der Waals surface area contributed by atoms with Crippen molar-refractivity contribution in [1.82, 2.24) is 0 Å². The summed E-state index contributed by atoms with van der Waals surface area (Å²) in [7, 11) is -8.97. The van der Waals surface area contributed by atoms with Gasteiger partial charge in [0.2, 0.25) is 0 Å². The van der Waals surface area contributed by atoms with Crippen LogP contribution in [-0.2, 0) is 45.9 Å². The SMILES string of the molecule is CCCCCCCCCCCc1ccc2cc(CCCCCCCCCCC)c(S(=O)(=O)[O-])cc2c1.CCCCCCCCCCCc1ccc2cc(CCCCCCCCCCC)c(S(=O)(=O)[O-])cc2c1.[Ca+2]. The second kappa shape index (κ2) is 41.6. The molecule has 4 aromatic carbocycles. The summed E-state index contributed by atoms with van der Waals surface area (Å²) in [5.41, 5.74) is 3.83. The molecule has 9 heteroatoms. The van der Waals surface area contributed by atoms with E-state index in [1.165, 1.54) is 204 Å². The molecule has 73 heavy (non-hydrogen) atoms. The first-order valence-corrected chi connectivity index (χ1v) is 32.8. The van der Waals surface area contributed by atoms with Gasteiger partial charge < -0.3 is 9.11 Å². The van der Waals surface area contributed by atoms with Gasteiger partial charge in [0.05, 0.1) is 9.79 Å². The van der Waals surface area contributed by atoms with E-state index in [9.17, 15) is 25.9 Å². The molecule has 6 nitrogen and oxygen atoms in total. The van der Waals surface area contributed by atoms with Crippen LogP contribution in [0.5, 0.6) is 0 Å². The molecule has 0 amide bonds. The zero-order chi connectivity index (χ0) is 52.1. The molecule has 0 fully saturated rings. The number of fused-ring (bicyclic) bond motifs is 2. The Balaban J connectivity index is 0.000000493. The van der Waals surface area contributed by atoms with Gasteiger partial charge in [0.25, 0.3) is 0 Å². The van der Waals surface area contributed by atoms with Gasteiger partial charge in [0, 0.05) is 0 Å². The van der Waals surface area contributed by atoms with Crippen molar-refractivity contribution in [2.75, 3.05) is 0 Å². The van der Waals surface area contributed by atoms with E-state index >= 15 is 0 Å². The maximum atomic E-state index is 12.0. The van der Waals surface area contributed by atoms with Gasteiger partial charge in [-0.05, 0) is 119 Å². The first kappa shape index (κ1) is 67.6. The van der Waals surface area contributed by atoms with Crippen molar-refractivity contribution in [2.45, 2.75) is 294 Å². The van der Waals surface area contributed by atoms with E-state index in [2.05, 4.69) is 64.1 Å². The molecule has 0 heterocycles. The van der Waals surface area contributed by atoms with Gasteiger partial charge in [-0.1, -0.05) is 270 Å². The van der Waals surface area contributed by atoms with Crippen molar-refractivity contribution < 1.29 is 25.9 Å². The molecular weight excluding hydrogens is 969 g/mol. The van der Waals surface area contributed by atoms with Crippen LogP contribution >= 0.6 is 0 Å². The molecule has 0 aliphatic carbocycles. The van der Waals surface area contributed by atoms with Gasteiger partial charge in [-0.2, -0.15) is 0 Å². The fourth-order valence-corrected chi connectivity index (χ4v) is 12.0. The smallest absolute Gasteiger partial charge is 0.744 e. The Hall–Kier alpha value is -1.52. The summed E-state index contributed by atoms with van der Waals surface area (Å²) in [6.45, 7) is 8.98. The van der Waals surface area contributed by atoms with E-state index in [1.807, 2.05) is 12.1 Å². The Morgan fingerprint density at radius 3 is 0.767 bits per heavy atom. The van der Waals surface area contributed by atoms with Crippen LogP contribution in [-0.4, -0.2) is 63.7 Å². The third-order valence-corrected chi connectivity index (χ3v) is 16.8. The monoisotopic (exact) mass is 1070 g/mol. The summed E-state index contributed by atoms with van der Waals surface area (Å²) >= 11 is 0. The van der Waals surface area contributed by atoms with Crippen LogP contribution in [0.4, 0.5) is 0 Å². The Bertz CT molecular complexity index is 2100. The summed E-state index contributed by atoms with van der Waals surface area (Å²) in [4.78, 5) is -0.0374. The standard InChI is InChI=1S/2C32H52O3S.Ca/c2*1-3-5-7-9-11-13-15-17-19-21-28-23-24-29-26-30(32(36(33,34)35)27-31(29)25-28)22-20-18-16-14-12-10-8-6-4-2;/h2*23-27H,3-22H2,1-2H3,(H,33,34,35);/q;;+2/p-2. The summed E-state index contributed by atoms with van der Waals surface area (Å²) in [5, 5.41) is 3.80. The van der Waals surface area contributed by atoms with E-state index in [4.69, 9.17) is 0 Å². The Morgan fingerprint density at radius 1 is 0.288 bits per heavy atom. The number of unbranched alkanes of at least 4 members (excludes halogenated alkanes) is 32. The predicted molar refractivity (Wildman–Crippen MR) is 313 cm³/mol. The first-order chi connectivity index (χ1) is 34.9. The van der Waals surface area contributed by atoms with Crippen molar-refractivity contribution in [3.8, 4) is 0 Å². The molecule has 0 spiro atoms. The number of hydrogen-bond acceptors (Lipinski definition) is 6. The fourth-order valence-electron chi connectivity index (χ4n) is 10.4. The summed E-state index contributed by atoms with van der Waals surface area (Å²) < 4.78 is 72.3. The topological polar surface area (TPSA) is 114 Å². The number of hydrogen-bond donors (Lipinski definition) is 0. The molecular formula is C64H102CaO6S2. The van der Waals surface area contributed by atoms with Gasteiger partial charge in [-0.15, -0.1) is 0 Å². The van der Waals surface area contributed by atoms with E-state index in [-0.39, 0.29) is 47.5 Å². The van der Waals surface area contributed by atoms with Crippen molar-refractivity contribution in [2.24, 2.45) is 0 Å². The molecule has 0 aliphatic rings. The number of aryl methyl sites for hydroxylation is 4. The number of rotatable bonds is 42. The quantitative estimate of drug-likeness (QED) is 0.0248. The second-order valence-electron chi connectivity index (χ2n) is 21.5. The average molecular weight is 1070 g/mol. The largest absolute Gasteiger partial charge is 2.00 e. The first-order valence-electron chi connectivity index (χ1n) is 29.9. The maximum absolute atomic E-state index is 12.0. The van der Waals surface area contributed by atoms with Crippen molar-refractivity contribution in [3.63, 3.8) is 0 Å². The molecule has 0 N–H and O–H groups in total. The van der Waals surface area contributed by atoms with Crippen LogP contribution in [0.3, 0.4) is 0 Å². The zero-order valence-electron chi connectivity index (χ0n) is 47.0. The minimum atomic E-state index is -4.48. The van der Waals surface area contributed by atoms with Gasteiger partial charge >= 0.3 is 37.7 Å². The summed E-state index contributed by atoms with van der Waals surface area (Å²) in [6, 6.07) is 19.8. The minimum absolute atomic E-state index is 0. The van der Waals surface area contributed by atoms with Gasteiger partial charge in [0.1, 0.15) is 20.2 Å². The molecule has 0 unspecified atom stereocenters. The van der Waals surface area contributed by atoms with Gasteiger partial charge in [-0.3, -0.25) is 0 Å². The van der Waals surface area contributed by atoms with Gasteiger partial charge in [0.15, 0.2) is 0 Å². The Kier molecular flexibility index (Phi) is 38.5. The Morgan fingerprint density at radius 2 is 0.521 bits per heavy atom. The molecule has 0 saturated carbocycles. The fraction of sp³-hybridized carbons (Fsp3) is 0.688. The normalized spacial score (nSPS) is 11.8. The molecule has 0 aromatic heterocycles. The third-order valence-electron chi connectivity index (χ3n) is 14.9. The predicted octanol–water partition coefficient (Wildman–Crippen LogP) is 19.4. The third kappa shape index (κ3) is 30.3. The molecule has 0 saturated heterocycles. The minimum Gasteiger partial charge on any atom is -0.744 e. The van der Waals surface area contributed by atoms with Crippen molar-refractivity contribution in [1.29, 1.82) is 0 Å². The van der Waals surface area contributed by atoms with E-state index in [0.717, 1.165) is 72.9 Å². The van der Waals surface area contributed by atoms with Crippen LogP contribution in [0.2, 0.25) is 0 Å². The molecule has 0 aliphatic heterocycles. The second-order valence-corrected chi connectivity index (χ2v) is 24.2. The van der Waals surface area contributed by atoms with Crippen LogP contribution in [0.1, 0.15) is 281 Å². The molecule has 0 bridgehead atoms. The maximum Gasteiger partial charge on any atom is 2.00 e. The molecule has 0 radical (unpaired) electrons. The van der Waals surface area contributed by atoms with Crippen molar-refractivity contribution >= 4 is 79.5 Å². The molecule has 0 atom stereocenters. The van der Waals surface area contributed by atoms with E-state index in [1.54, 1.807) is 12.1 Å². The molecule has 408 valence electrons. The zero-order valence-corrected chi connectivity index (χ0v) is 50.9. The average Bonchev–Trinajstić information content (AvgIpc) is 3.35. The van der Waals surface area contributed by atoms with Gasteiger partial charge in [-0.25, -0.2) is 16.8 Å². The molecule has 4 aromatic rings. The summed E-state index contributed by atoms with van der Waals surface area (Å²) in [6.07, 6.45) is 48.8.